The molecule has 0 aliphatic rings. The van der Waals surface area contributed by atoms with Crippen molar-refractivity contribution in [2.24, 2.45) is 0 Å². The molecular weight excluding hydrogens is 385 g/mol. The number of hydrogen-bond donors (Lipinski definition) is 1. The Bertz CT molecular complexity index is 451. The van der Waals surface area contributed by atoms with Crippen LogP contribution < -0.4 is 0 Å². The van der Waals surface area contributed by atoms with Gasteiger partial charge in [-0.25, -0.2) is 4.79 Å². The number of esters is 2. The van der Waals surface area contributed by atoms with Crippen LogP contribution in [0, 0.1) is 0 Å². The minimum atomic E-state index is -0.713. The third kappa shape index (κ3) is 24.9. The second-order valence-electron chi connectivity index (χ2n) is 7.02. The molecule has 0 unspecified atom stereocenters. The summed E-state index contributed by atoms with van der Waals surface area (Å²) in [5, 5.41) is 8.55. The van der Waals surface area contributed by atoms with Gasteiger partial charge in [0.25, 0.3) is 0 Å². The molecule has 7 heteroatoms. The number of aliphatic carboxylic acids is 1. The van der Waals surface area contributed by atoms with E-state index in [1.54, 1.807) is 13.0 Å². The highest BCUT2D eigenvalue weighted by Crippen LogP contribution is 2.11. The Kier molecular flexibility index (Phi) is 24.1. The molecular formula is C22H40MgO6. The maximum atomic E-state index is 11.6. The number of allylic oxidation sites excluding steroid dienone is 1. The number of hydrogen-bond acceptors (Lipinski definition) is 5. The van der Waals surface area contributed by atoms with E-state index in [0.717, 1.165) is 77.0 Å². The second-order valence-corrected chi connectivity index (χ2v) is 7.02. The normalized spacial score (nSPS) is 10.5. The summed E-state index contributed by atoms with van der Waals surface area (Å²) in [6, 6.07) is 0. The minimum absolute atomic E-state index is 0. The molecule has 0 aromatic rings. The van der Waals surface area contributed by atoms with Crippen LogP contribution in [0.25, 0.3) is 0 Å². The summed E-state index contributed by atoms with van der Waals surface area (Å²) in [4.78, 5) is 33.1. The third-order valence-corrected chi connectivity index (χ3v) is 4.37. The van der Waals surface area contributed by atoms with Crippen LogP contribution in [-0.4, -0.2) is 59.3 Å². The van der Waals surface area contributed by atoms with E-state index in [0.29, 0.717) is 19.6 Å². The molecule has 0 heterocycles. The van der Waals surface area contributed by atoms with Crippen LogP contribution in [0.1, 0.15) is 96.8 Å². The molecule has 0 spiro atoms. The van der Waals surface area contributed by atoms with Gasteiger partial charge in [0.2, 0.25) is 0 Å². The highest BCUT2D eigenvalue weighted by Gasteiger charge is 2.03. The zero-order valence-electron chi connectivity index (χ0n) is 17.5. The molecule has 6 nitrogen and oxygen atoms in total. The van der Waals surface area contributed by atoms with Gasteiger partial charge in [-0.05, 0) is 45.4 Å². The Morgan fingerprint density at radius 3 is 1.66 bits per heavy atom. The molecule has 0 amide bonds. The predicted molar refractivity (Wildman–Crippen MR) is 118 cm³/mol. The average Bonchev–Trinajstić information content (AvgIpc) is 2.65. The molecule has 0 fully saturated rings. The van der Waals surface area contributed by atoms with Crippen molar-refractivity contribution in [3.8, 4) is 0 Å². The van der Waals surface area contributed by atoms with Crippen molar-refractivity contribution in [1.29, 1.82) is 0 Å². The SMILES string of the molecule is CC=CC(=O)OCCCCCCOC(=O)CCCCCCCCCCC(=O)O.[MgH2]. The Labute approximate surface area is 191 Å². The number of carboxylic acids is 1. The van der Waals surface area contributed by atoms with E-state index >= 15 is 0 Å². The lowest BCUT2D eigenvalue weighted by Crippen LogP contribution is -2.06. The van der Waals surface area contributed by atoms with E-state index in [-0.39, 0.29) is 41.4 Å². The van der Waals surface area contributed by atoms with Gasteiger partial charge in [0, 0.05) is 18.9 Å². The molecule has 0 saturated carbocycles. The highest BCUT2D eigenvalue weighted by molar-refractivity contribution is 5.81. The molecule has 29 heavy (non-hydrogen) atoms. The Hall–Kier alpha value is -1.08. The van der Waals surface area contributed by atoms with Crippen LogP contribution >= 0.6 is 0 Å². The topological polar surface area (TPSA) is 89.9 Å². The van der Waals surface area contributed by atoms with E-state index in [9.17, 15) is 14.4 Å². The van der Waals surface area contributed by atoms with E-state index in [1.165, 1.54) is 6.08 Å². The zero-order valence-corrected chi connectivity index (χ0v) is 17.5. The van der Waals surface area contributed by atoms with Gasteiger partial charge in [-0.1, -0.05) is 44.6 Å². The molecule has 0 aliphatic heterocycles. The summed E-state index contributed by atoms with van der Waals surface area (Å²) in [5.41, 5.74) is 0. The van der Waals surface area contributed by atoms with Crippen molar-refractivity contribution in [3.63, 3.8) is 0 Å². The largest absolute Gasteiger partial charge is 0.481 e. The standard InChI is InChI=1S/C22H38O6.Mg.2H/c1-2-15-21(25)27-18-13-9-10-14-19-28-22(26)17-12-8-6-4-3-5-7-11-16-20(23)24;;;/h2,15H,3-14,16-19H2,1H3,(H,23,24);;;. The smallest absolute Gasteiger partial charge is 0.330 e. The molecule has 0 radical (unpaired) electrons. The van der Waals surface area contributed by atoms with Gasteiger partial charge in [-0.3, -0.25) is 9.59 Å². The Morgan fingerprint density at radius 1 is 0.690 bits per heavy atom. The number of unbranched alkanes of at least 4 members (excludes halogenated alkanes) is 10. The van der Waals surface area contributed by atoms with Crippen LogP contribution in [0.3, 0.4) is 0 Å². The van der Waals surface area contributed by atoms with Crippen LogP contribution in [0.15, 0.2) is 12.2 Å². The number of carboxylic acid groups (broad SMARTS) is 1. The average molecular weight is 425 g/mol. The fraction of sp³-hybridized carbons (Fsp3) is 0.773. The first kappa shape index (κ1) is 30.1. The molecule has 0 rings (SSSR count). The number of rotatable bonds is 19. The van der Waals surface area contributed by atoms with Crippen molar-refractivity contribution in [2.75, 3.05) is 13.2 Å². The van der Waals surface area contributed by atoms with Crippen LogP contribution in [0.2, 0.25) is 0 Å². The third-order valence-electron chi connectivity index (χ3n) is 4.37. The molecule has 166 valence electrons. The number of carbonyl (C=O) groups is 3. The van der Waals surface area contributed by atoms with Crippen LogP contribution in [-0.2, 0) is 23.9 Å². The lowest BCUT2D eigenvalue weighted by atomic mass is 10.1. The van der Waals surface area contributed by atoms with E-state index in [2.05, 4.69) is 0 Å². The number of ether oxygens (including phenoxy) is 2. The molecule has 1 N–H and O–H groups in total. The summed E-state index contributed by atoms with van der Waals surface area (Å²) in [6.07, 6.45) is 15.6. The highest BCUT2D eigenvalue weighted by atomic mass is 24.3. The van der Waals surface area contributed by atoms with E-state index < -0.39 is 5.97 Å². The maximum absolute atomic E-state index is 11.6. The van der Waals surface area contributed by atoms with Crippen LogP contribution in [0.5, 0.6) is 0 Å². The van der Waals surface area contributed by atoms with Crippen molar-refractivity contribution in [2.45, 2.75) is 96.8 Å². The van der Waals surface area contributed by atoms with E-state index in [1.807, 2.05) is 0 Å². The fourth-order valence-electron chi connectivity index (χ4n) is 2.78. The van der Waals surface area contributed by atoms with Crippen molar-refractivity contribution in [3.05, 3.63) is 12.2 Å². The lowest BCUT2D eigenvalue weighted by molar-refractivity contribution is -0.144. The quantitative estimate of drug-likeness (QED) is 0.144. The Balaban J connectivity index is 0. The lowest BCUT2D eigenvalue weighted by Gasteiger charge is -2.05. The molecule has 0 saturated heterocycles. The van der Waals surface area contributed by atoms with Crippen molar-refractivity contribution in [1.82, 2.24) is 0 Å². The molecule has 0 bridgehead atoms. The molecule has 0 atom stereocenters. The minimum Gasteiger partial charge on any atom is -0.481 e. The van der Waals surface area contributed by atoms with Gasteiger partial charge < -0.3 is 14.6 Å². The van der Waals surface area contributed by atoms with Gasteiger partial charge in [-0.2, -0.15) is 0 Å². The molecule has 0 aliphatic carbocycles. The summed E-state index contributed by atoms with van der Waals surface area (Å²) in [7, 11) is 0. The van der Waals surface area contributed by atoms with Gasteiger partial charge >= 0.3 is 41.0 Å². The van der Waals surface area contributed by atoms with Gasteiger partial charge in [0.1, 0.15) is 0 Å². The van der Waals surface area contributed by atoms with Gasteiger partial charge in [-0.15, -0.1) is 0 Å². The Morgan fingerprint density at radius 2 is 1.14 bits per heavy atom. The molecule has 0 aromatic carbocycles. The van der Waals surface area contributed by atoms with Gasteiger partial charge in [0.05, 0.1) is 13.2 Å². The van der Waals surface area contributed by atoms with Crippen molar-refractivity contribution < 1.29 is 29.0 Å². The first-order valence-corrected chi connectivity index (χ1v) is 10.7. The second kappa shape index (κ2) is 23.2. The molecule has 0 aromatic heterocycles. The predicted octanol–water partition coefficient (Wildman–Crippen LogP) is 4.28. The zero-order chi connectivity index (χ0) is 20.9. The fourth-order valence-corrected chi connectivity index (χ4v) is 2.78. The monoisotopic (exact) mass is 424 g/mol. The summed E-state index contributed by atoms with van der Waals surface area (Å²) < 4.78 is 10.2. The van der Waals surface area contributed by atoms with Crippen molar-refractivity contribution >= 4 is 41.0 Å². The first-order chi connectivity index (χ1) is 13.6. The summed E-state index contributed by atoms with van der Waals surface area (Å²) >= 11 is 0. The van der Waals surface area contributed by atoms with Crippen LogP contribution in [0.4, 0.5) is 0 Å². The van der Waals surface area contributed by atoms with E-state index in [4.69, 9.17) is 14.6 Å². The summed E-state index contributed by atoms with van der Waals surface area (Å²) in [6.45, 7) is 2.68. The first-order valence-electron chi connectivity index (χ1n) is 10.7. The maximum Gasteiger partial charge on any atom is 0.330 e. The van der Waals surface area contributed by atoms with Gasteiger partial charge in [0.15, 0.2) is 0 Å². The summed E-state index contributed by atoms with van der Waals surface area (Å²) in [5.74, 6) is -1.13. The number of carbonyl (C=O) groups excluding carboxylic acids is 2.